The zero-order valence-corrected chi connectivity index (χ0v) is 11.9. The molecule has 1 fully saturated rings. The lowest BCUT2D eigenvalue weighted by molar-refractivity contribution is 0.0857. The number of nitrogen functional groups attached to an aromatic ring is 1. The number of nitrogens with zero attached hydrogens (tertiary/aromatic N) is 1. The maximum Gasteiger partial charge on any atom is 0.245 e. The second-order valence-electron chi connectivity index (χ2n) is 5.79. The van der Waals surface area contributed by atoms with Crippen molar-refractivity contribution in [2.75, 3.05) is 12.8 Å². The van der Waals surface area contributed by atoms with Crippen molar-refractivity contribution in [1.29, 1.82) is 0 Å². The minimum atomic E-state index is -3.47. The van der Waals surface area contributed by atoms with Gasteiger partial charge in [-0.3, -0.25) is 0 Å². The van der Waals surface area contributed by atoms with Crippen LogP contribution in [-0.2, 0) is 10.0 Å². The maximum absolute atomic E-state index is 12.4. The van der Waals surface area contributed by atoms with E-state index >= 15 is 0 Å². The van der Waals surface area contributed by atoms with Gasteiger partial charge in [-0.2, -0.15) is 4.31 Å². The number of hydrogen-bond donors (Lipinski definition) is 1. The van der Waals surface area contributed by atoms with Crippen LogP contribution < -0.4 is 5.73 Å². The highest BCUT2D eigenvalue weighted by molar-refractivity contribution is 7.89. The normalized spacial score (nSPS) is 19.8. The van der Waals surface area contributed by atoms with Gasteiger partial charge in [0.2, 0.25) is 10.0 Å². The molecule has 1 aliphatic rings. The first-order chi connectivity index (χ1) is 8.24. The smallest absolute Gasteiger partial charge is 0.245 e. The molecule has 1 saturated carbocycles. The number of nitrogens with two attached hydrogens (primary N) is 1. The molecule has 0 aromatic heterocycles. The summed E-state index contributed by atoms with van der Waals surface area (Å²) in [5.41, 5.74) is 6.31. The molecule has 0 unspecified atom stereocenters. The average Bonchev–Trinajstić information content (AvgIpc) is 2.25. The van der Waals surface area contributed by atoms with Crippen molar-refractivity contribution >= 4 is 15.7 Å². The molecule has 1 aromatic rings. The Kier molecular flexibility index (Phi) is 3.15. The molecule has 0 saturated heterocycles. The number of sulfonamides is 1. The van der Waals surface area contributed by atoms with Crippen molar-refractivity contribution in [3.8, 4) is 0 Å². The molecule has 0 heterocycles. The summed E-state index contributed by atoms with van der Waals surface area (Å²) in [6.07, 6.45) is 1.80. The van der Waals surface area contributed by atoms with Crippen molar-refractivity contribution in [1.82, 2.24) is 4.31 Å². The molecule has 0 atom stereocenters. The van der Waals surface area contributed by atoms with E-state index in [9.17, 15) is 8.42 Å². The van der Waals surface area contributed by atoms with Crippen LogP contribution in [0.4, 0.5) is 5.69 Å². The predicted molar refractivity (Wildman–Crippen MR) is 72.6 cm³/mol. The number of para-hydroxylation sites is 1. The molecular weight excluding hydrogens is 248 g/mol. The van der Waals surface area contributed by atoms with E-state index in [4.69, 9.17) is 5.73 Å². The van der Waals surface area contributed by atoms with Gasteiger partial charge >= 0.3 is 0 Å². The van der Waals surface area contributed by atoms with Crippen LogP contribution >= 0.6 is 0 Å². The molecule has 1 aliphatic carbocycles. The highest BCUT2D eigenvalue weighted by Gasteiger charge is 2.42. The van der Waals surface area contributed by atoms with Crippen LogP contribution in [0.3, 0.4) is 0 Å². The minimum absolute atomic E-state index is 0.0876. The van der Waals surface area contributed by atoms with E-state index in [1.54, 1.807) is 31.3 Å². The summed E-state index contributed by atoms with van der Waals surface area (Å²) in [5, 5.41) is 0. The molecule has 5 heteroatoms. The van der Waals surface area contributed by atoms with Gasteiger partial charge < -0.3 is 5.73 Å². The highest BCUT2D eigenvalue weighted by Crippen LogP contribution is 2.43. The Hall–Kier alpha value is -1.07. The highest BCUT2D eigenvalue weighted by atomic mass is 32.2. The summed E-state index contributed by atoms with van der Waals surface area (Å²) in [6.45, 7) is 4.31. The van der Waals surface area contributed by atoms with Crippen molar-refractivity contribution in [2.45, 2.75) is 37.6 Å². The first-order valence-corrected chi connectivity index (χ1v) is 7.51. The summed E-state index contributed by atoms with van der Waals surface area (Å²) in [7, 11) is -1.83. The number of rotatable bonds is 3. The lowest BCUT2D eigenvalue weighted by Crippen LogP contribution is -2.49. The Labute approximate surface area is 109 Å². The first kappa shape index (κ1) is 13.4. The van der Waals surface area contributed by atoms with E-state index in [1.165, 1.54) is 4.31 Å². The van der Waals surface area contributed by atoms with Gasteiger partial charge in [-0.05, 0) is 30.4 Å². The topological polar surface area (TPSA) is 63.4 Å². The molecule has 1 aromatic carbocycles. The van der Waals surface area contributed by atoms with Crippen LogP contribution in [0.5, 0.6) is 0 Å². The molecule has 4 nitrogen and oxygen atoms in total. The Bertz CT molecular complexity index is 544. The summed E-state index contributed by atoms with van der Waals surface area (Å²) in [5.74, 6) is 0. The van der Waals surface area contributed by atoms with E-state index in [0.717, 1.165) is 12.8 Å². The largest absolute Gasteiger partial charge is 0.398 e. The van der Waals surface area contributed by atoms with Crippen LogP contribution in [0.2, 0.25) is 0 Å². The van der Waals surface area contributed by atoms with E-state index < -0.39 is 10.0 Å². The molecule has 2 rings (SSSR count). The van der Waals surface area contributed by atoms with Crippen molar-refractivity contribution in [3.05, 3.63) is 24.3 Å². The molecule has 0 aliphatic heterocycles. The van der Waals surface area contributed by atoms with Gasteiger partial charge in [0, 0.05) is 13.1 Å². The monoisotopic (exact) mass is 268 g/mol. The second-order valence-corrected chi connectivity index (χ2v) is 7.75. The average molecular weight is 268 g/mol. The molecule has 18 heavy (non-hydrogen) atoms. The Morgan fingerprint density at radius 3 is 2.33 bits per heavy atom. The zero-order chi connectivity index (χ0) is 13.6. The third-order valence-electron chi connectivity index (χ3n) is 3.67. The lowest BCUT2D eigenvalue weighted by Gasteiger charge is -2.46. The molecule has 0 spiro atoms. The zero-order valence-electron chi connectivity index (χ0n) is 11.1. The van der Waals surface area contributed by atoms with E-state index in [0.29, 0.717) is 5.69 Å². The lowest BCUT2D eigenvalue weighted by atomic mass is 9.68. The van der Waals surface area contributed by atoms with Crippen molar-refractivity contribution < 1.29 is 8.42 Å². The molecule has 2 N–H and O–H groups in total. The van der Waals surface area contributed by atoms with E-state index in [1.807, 2.05) is 0 Å². The Balaban J connectivity index is 2.25. The van der Waals surface area contributed by atoms with Gasteiger partial charge in [-0.15, -0.1) is 0 Å². The Morgan fingerprint density at radius 2 is 1.83 bits per heavy atom. The summed E-state index contributed by atoms with van der Waals surface area (Å²) >= 11 is 0. The van der Waals surface area contributed by atoms with Gasteiger partial charge in [0.05, 0.1) is 5.69 Å². The number of hydrogen-bond acceptors (Lipinski definition) is 3. The fraction of sp³-hybridized carbons (Fsp3) is 0.538. The fourth-order valence-corrected chi connectivity index (χ4v) is 4.01. The standard InChI is InChI=1S/C13H20N2O2S/c1-13(2)8-10(9-13)15(3)18(16,17)12-7-5-4-6-11(12)14/h4-7,10H,8-9,14H2,1-3H3. The fourth-order valence-electron chi connectivity index (χ4n) is 2.54. The predicted octanol–water partition coefficient (Wildman–Crippen LogP) is 2.08. The molecule has 0 radical (unpaired) electrons. The Morgan fingerprint density at radius 1 is 1.28 bits per heavy atom. The summed E-state index contributed by atoms with van der Waals surface area (Å²) < 4.78 is 26.4. The van der Waals surface area contributed by atoms with Crippen molar-refractivity contribution in [3.63, 3.8) is 0 Å². The van der Waals surface area contributed by atoms with E-state index in [2.05, 4.69) is 13.8 Å². The van der Waals surface area contributed by atoms with Gasteiger partial charge in [0.25, 0.3) is 0 Å². The number of anilines is 1. The van der Waals surface area contributed by atoms with Gasteiger partial charge in [-0.1, -0.05) is 26.0 Å². The van der Waals surface area contributed by atoms with E-state index in [-0.39, 0.29) is 16.4 Å². The van der Waals surface area contributed by atoms with Crippen LogP contribution in [0.1, 0.15) is 26.7 Å². The SMILES string of the molecule is CN(C1CC(C)(C)C1)S(=O)(=O)c1ccccc1N. The van der Waals surface area contributed by atoms with Gasteiger partial charge in [0.1, 0.15) is 4.90 Å². The molecule has 0 amide bonds. The number of benzene rings is 1. The van der Waals surface area contributed by atoms with Crippen LogP contribution in [0.25, 0.3) is 0 Å². The molecule has 0 bridgehead atoms. The van der Waals surface area contributed by atoms with Crippen LogP contribution in [0.15, 0.2) is 29.2 Å². The third-order valence-corrected chi connectivity index (χ3v) is 5.65. The quantitative estimate of drug-likeness (QED) is 0.854. The van der Waals surface area contributed by atoms with Gasteiger partial charge in [0.15, 0.2) is 0 Å². The van der Waals surface area contributed by atoms with Crippen LogP contribution in [-0.4, -0.2) is 25.8 Å². The second kappa shape index (κ2) is 4.24. The minimum Gasteiger partial charge on any atom is -0.398 e. The van der Waals surface area contributed by atoms with Crippen LogP contribution in [0, 0.1) is 5.41 Å². The molecule has 100 valence electrons. The first-order valence-electron chi connectivity index (χ1n) is 6.07. The maximum atomic E-state index is 12.4. The van der Waals surface area contributed by atoms with Gasteiger partial charge in [-0.25, -0.2) is 8.42 Å². The molecular formula is C13H20N2O2S. The summed E-state index contributed by atoms with van der Waals surface area (Å²) in [6, 6.07) is 6.70. The summed E-state index contributed by atoms with van der Waals surface area (Å²) in [4.78, 5) is 0.206. The van der Waals surface area contributed by atoms with Crippen molar-refractivity contribution in [2.24, 2.45) is 5.41 Å². The third kappa shape index (κ3) is 2.24.